The quantitative estimate of drug-likeness (QED) is 0.560. The molecular weight excluding hydrogens is 470 g/mol. The van der Waals surface area contributed by atoms with Crippen LogP contribution in [-0.2, 0) is 14.4 Å². The van der Waals surface area contributed by atoms with E-state index in [1.165, 1.54) is 7.11 Å². The van der Waals surface area contributed by atoms with Crippen molar-refractivity contribution in [1.29, 1.82) is 0 Å². The third-order valence-corrected chi connectivity index (χ3v) is 6.43. The van der Waals surface area contributed by atoms with Gasteiger partial charge in [0.05, 0.1) is 12.0 Å². The van der Waals surface area contributed by atoms with Crippen LogP contribution >= 0.6 is 11.8 Å². The summed E-state index contributed by atoms with van der Waals surface area (Å²) in [5, 5.41) is 2.27. The summed E-state index contributed by atoms with van der Waals surface area (Å²) in [6, 6.07) is 14.0. The molecule has 2 aromatic carbocycles. The van der Waals surface area contributed by atoms with Crippen LogP contribution in [0.5, 0.6) is 11.5 Å². The molecule has 0 atom stereocenters. The maximum absolute atomic E-state index is 12.8. The van der Waals surface area contributed by atoms with Gasteiger partial charge in [-0.1, -0.05) is 24.3 Å². The molecule has 2 aromatic rings. The second kappa shape index (κ2) is 11.1. The van der Waals surface area contributed by atoms with Crippen LogP contribution in [-0.4, -0.2) is 66.1 Å². The lowest BCUT2D eigenvalue weighted by Crippen LogP contribution is -2.40. The van der Waals surface area contributed by atoms with Gasteiger partial charge in [0.15, 0.2) is 18.1 Å². The van der Waals surface area contributed by atoms with Crippen LogP contribution in [0.4, 0.5) is 10.5 Å². The first-order valence-electron chi connectivity index (χ1n) is 11.1. The third-order valence-electron chi connectivity index (χ3n) is 5.53. The van der Waals surface area contributed by atoms with E-state index >= 15 is 0 Å². The number of amides is 4. The zero-order valence-electron chi connectivity index (χ0n) is 19.2. The Morgan fingerprint density at radius 3 is 2.51 bits per heavy atom. The Morgan fingerprint density at radius 2 is 1.80 bits per heavy atom. The zero-order valence-corrected chi connectivity index (χ0v) is 20.0. The molecule has 2 aliphatic rings. The number of para-hydroxylation sites is 1. The molecule has 2 fully saturated rings. The SMILES string of the molecule is COc1cc(/C=C2\SC(=O)N(CC(=O)N3CCCC3)C2=O)ccc1OCC(=O)Nc1ccccc1. The first kappa shape index (κ1) is 24.3. The van der Waals surface area contributed by atoms with Crippen molar-refractivity contribution >= 4 is 46.5 Å². The average molecular weight is 496 g/mol. The van der Waals surface area contributed by atoms with E-state index < -0.39 is 11.1 Å². The van der Waals surface area contributed by atoms with Gasteiger partial charge < -0.3 is 19.7 Å². The largest absolute Gasteiger partial charge is 0.493 e. The minimum atomic E-state index is -0.496. The highest BCUT2D eigenvalue weighted by atomic mass is 32.2. The Labute approximate surface area is 207 Å². The normalized spacial score (nSPS) is 16.7. The molecule has 35 heavy (non-hydrogen) atoms. The number of thioether (sulfide) groups is 1. The maximum Gasteiger partial charge on any atom is 0.294 e. The van der Waals surface area contributed by atoms with Gasteiger partial charge in [0.25, 0.3) is 17.1 Å². The van der Waals surface area contributed by atoms with E-state index in [0.717, 1.165) is 29.5 Å². The van der Waals surface area contributed by atoms with Gasteiger partial charge in [0, 0.05) is 18.8 Å². The number of anilines is 1. The molecule has 0 saturated carbocycles. The van der Waals surface area contributed by atoms with Gasteiger partial charge in [0.2, 0.25) is 5.91 Å². The molecule has 1 N–H and O–H groups in total. The highest BCUT2D eigenvalue weighted by Crippen LogP contribution is 2.34. The number of rotatable bonds is 8. The standard InChI is InChI=1S/C25H25N3O6S/c1-33-20-13-17(9-10-19(20)34-16-22(29)26-18-7-3-2-4-8-18)14-21-24(31)28(25(32)35-21)15-23(30)27-11-5-6-12-27/h2-4,7-10,13-14H,5-6,11-12,15-16H2,1H3,(H,26,29)/b21-14-. The smallest absolute Gasteiger partial charge is 0.294 e. The summed E-state index contributed by atoms with van der Waals surface area (Å²) in [6.07, 6.45) is 3.44. The molecule has 182 valence electrons. The predicted octanol–water partition coefficient (Wildman–Crippen LogP) is 3.37. The molecule has 0 aromatic heterocycles. The van der Waals surface area contributed by atoms with Crippen LogP contribution in [0.25, 0.3) is 6.08 Å². The average Bonchev–Trinajstić information content (AvgIpc) is 3.49. The molecule has 4 rings (SSSR count). The summed E-state index contributed by atoms with van der Waals surface area (Å²) in [5.74, 6) is -0.304. The van der Waals surface area contributed by atoms with Crippen molar-refractivity contribution in [3.05, 3.63) is 59.0 Å². The van der Waals surface area contributed by atoms with Crippen LogP contribution in [0.15, 0.2) is 53.4 Å². The van der Waals surface area contributed by atoms with Gasteiger partial charge in [-0.15, -0.1) is 0 Å². The van der Waals surface area contributed by atoms with E-state index in [2.05, 4.69) is 5.32 Å². The first-order valence-corrected chi connectivity index (χ1v) is 11.9. The zero-order chi connectivity index (χ0) is 24.8. The third kappa shape index (κ3) is 6.02. The summed E-state index contributed by atoms with van der Waals surface area (Å²) >= 11 is 0.797. The molecule has 2 heterocycles. The first-order chi connectivity index (χ1) is 16.9. The van der Waals surface area contributed by atoms with Crippen LogP contribution < -0.4 is 14.8 Å². The molecule has 0 spiro atoms. The molecule has 0 unspecified atom stereocenters. The lowest BCUT2D eigenvalue weighted by molar-refractivity contribution is -0.135. The van der Waals surface area contributed by atoms with Crippen LogP contribution in [0.2, 0.25) is 0 Å². The van der Waals surface area contributed by atoms with Crippen molar-refractivity contribution in [2.24, 2.45) is 0 Å². The summed E-state index contributed by atoms with van der Waals surface area (Å²) in [4.78, 5) is 52.5. The number of imide groups is 1. The molecule has 2 saturated heterocycles. The fraction of sp³-hybridized carbons (Fsp3) is 0.280. The number of hydrogen-bond donors (Lipinski definition) is 1. The molecule has 0 bridgehead atoms. The molecule has 2 aliphatic heterocycles. The van der Waals surface area contributed by atoms with Gasteiger partial charge >= 0.3 is 0 Å². The van der Waals surface area contributed by atoms with Gasteiger partial charge in [-0.25, -0.2) is 0 Å². The van der Waals surface area contributed by atoms with Crippen molar-refractivity contribution in [2.75, 3.05) is 38.7 Å². The van der Waals surface area contributed by atoms with Crippen LogP contribution in [0.3, 0.4) is 0 Å². The molecule has 0 aliphatic carbocycles. The molecule has 0 radical (unpaired) electrons. The van der Waals surface area contributed by atoms with Crippen molar-refractivity contribution < 1.29 is 28.7 Å². The van der Waals surface area contributed by atoms with Gasteiger partial charge in [-0.3, -0.25) is 24.1 Å². The summed E-state index contributed by atoms with van der Waals surface area (Å²) in [5.41, 5.74) is 1.28. The molecular formula is C25H25N3O6S. The number of nitrogens with one attached hydrogen (secondary N) is 1. The number of nitrogens with zero attached hydrogens (tertiary/aromatic N) is 2. The molecule has 10 heteroatoms. The lowest BCUT2D eigenvalue weighted by Gasteiger charge is -2.18. The van der Waals surface area contributed by atoms with Gasteiger partial charge in [0.1, 0.15) is 6.54 Å². The van der Waals surface area contributed by atoms with Crippen molar-refractivity contribution in [3.63, 3.8) is 0 Å². The number of carbonyl (C=O) groups excluding carboxylic acids is 4. The Bertz CT molecular complexity index is 1160. The monoisotopic (exact) mass is 495 g/mol. The Kier molecular flexibility index (Phi) is 7.71. The van der Waals surface area contributed by atoms with E-state index in [4.69, 9.17) is 9.47 Å². The van der Waals surface area contributed by atoms with Crippen molar-refractivity contribution in [3.8, 4) is 11.5 Å². The highest BCUT2D eigenvalue weighted by molar-refractivity contribution is 8.18. The number of ether oxygens (including phenoxy) is 2. The number of carbonyl (C=O) groups is 4. The van der Waals surface area contributed by atoms with Crippen molar-refractivity contribution in [1.82, 2.24) is 9.80 Å². The number of hydrogen-bond acceptors (Lipinski definition) is 7. The second-order valence-corrected chi connectivity index (χ2v) is 8.96. The number of benzene rings is 2. The van der Waals surface area contributed by atoms with Crippen molar-refractivity contribution in [2.45, 2.75) is 12.8 Å². The second-order valence-electron chi connectivity index (χ2n) is 7.97. The van der Waals surface area contributed by atoms with E-state index in [1.54, 1.807) is 41.3 Å². The minimum Gasteiger partial charge on any atom is -0.493 e. The highest BCUT2D eigenvalue weighted by Gasteiger charge is 2.37. The fourth-order valence-corrected chi connectivity index (χ4v) is 4.58. The van der Waals surface area contributed by atoms with E-state index in [0.29, 0.717) is 35.8 Å². The van der Waals surface area contributed by atoms with E-state index in [1.807, 2.05) is 18.2 Å². The Hall–Kier alpha value is -3.79. The van der Waals surface area contributed by atoms with Crippen LogP contribution in [0.1, 0.15) is 18.4 Å². The molecule has 4 amide bonds. The lowest BCUT2D eigenvalue weighted by atomic mass is 10.2. The topological polar surface area (TPSA) is 105 Å². The maximum atomic E-state index is 12.8. The fourth-order valence-electron chi connectivity index (χ4n) is 3.74. The Morgan fingerprint density at radius 1 is 1.06 bits per heavy atom. The van der Waals surface area contributed by atoms with Gasteiger partial charge in [-0.05, 0) is 60.5 Å². The minimum absolute atomic E-state index is 0.214. The summed E-state index contributed by atoms with van der Waals surface area (Å²) < 4.78 is 11.0. The van der Waals surface area contributed by atoms with E-state index in [9.17, 15) is 19.2 Å². The molecule has 9 nitrogen and oxygen atoms in total. The predicted molar refractivity (Wildman–Crippen MR) is 132 cm³/mol. The van der Waals surface area contributed by atoms with E-state index in [-0.39, 0.29) is 29.9 Å². The summed E-state index contributed by atoms with van der Waals surface area (Å²) in [7, 11) is 1.47. The number of methoxy groups -OCH3 is 1. The van der Waals surface area contributed by atoms with Crippen LogP contribution in [0, 0.1) is 0 Å². The number of likely N-dealkylation sites (tertiary alicyclic amines) is 1. The Balaban J connectivity index is 1.39. The summed E-state index contributed by atoms with van der Waals surface area (Å²) in [6.45, 7) is 0.859. The van der Waals surface area contributed by atoms with Gasteiger partial charge in [-0.2, -0.15) is 0 Å².